The van der Waals surface area contributed by atoms with Crippen LogP contribution < -0.4 is 11.1 Å². The Hall–Kier alpha value is -0.610. The molecule has 3 N–H and O–H groups in total. The van der Waals surface area contributed by atoms with Crippen LogP contribution in [0.4, 0.5) is 0 Å². The van der Waals surface area contributed by atoms with Crippen LogP contribution in [0.5, 0.6) is 0 Å². The Labute approximate surface area is 112 Å². The molecule has 0 saturated heterocycles. The van der Waals surface area contributed by atoms with E-state index in [-0.39, 0.29) is 11.4 Å². The van der Waals surface area contributed by atoms with Gasteiger partial charge in [0.05, 0.1) is 0 Å². The van der Waals surface area contributed by atoms with E-state index in [0.717, 1.165) is 13.0 Å². The molecule has 0 atom stereocenters. The third-order valence-corrected chi connectivity index (χ3v) is 3.02. The number of hydrogen-bond donors (Lipinski definition) is 2. The number of nitrogens with zero attached hydrogens (tertiary/aromatic N) is 1. The van der Waals surface area contributed by atoms with Gasteiger partial charge in [-0.05, 0) is 48.0 Å². The number of nitrogens with one attached hydrogen (secondary N) is 1. The predicted molar refractivity (Wildman–Crippen MR) is 77.5 cm³/mol. The van der Waals surface area contributed by atoms with E-state index in [1.54, 1.807) is 0 Å². The lowest BCUT2D eigenvalue weighted by Crippen LogP contribution is -2.42. The predicted octanol–water partition coefficient (Wildman–Crippen LogP) is 1.74. The van der Waals surface area contributed by atoms with Crippen molar-refractivity contribution >= 4 is 5.91 Å². The molecular weight excluding hydrogens is 226 g/mol. The molecule has 0 heterocycles. The van der Waals surface area contributed by atoms with Gasteiger partial charge < -0.3 is 11.1 Å². The minimum absolute atomic E-state index is 0.0981. The fourth-order valence-electron chi connectivity index (χ4n) is 1.96. The van der Waals surface area contributed by atoms with Gasteiger partial charge in [-0.3, -0.25) is 9.69 Å². The fraction of sp³-hybridized carbons (Fsp3) is 0.929. The summed E-state index contributed by atoms with van der Waals surface area (Å²) in [7, 11) is 0. The highest BCUT2D eigenvalue weighted by Crippen LogP contribution is 2.06. The van der Waals surface area contributed by atoms with E-state index < -0.39 is 0 Å². The molecule has 18 heavy (non-hydrogen) atoms. The Kier molecular flexibility index (Phi) is 7.48. The van der Waals surface area contributed by atoms with Gasteiger partial charge in [-0.2, -0.15) is 0 Å². The Morgan fingerprint density at radius 3 is 2.11 bits per heavy atom. The summed E-state index contributed by atoms with van der Waals surface area (Å²) in [4.78, 5) is 14.0. The molecule has 0 bridgehead atoms. The van der Waals surface area contributed by atoms with Crippen LogP contribution in [0.3, 0.4) is 0 Å². The van der Waals surface area contributed by atoms with E-state index in [9.17, 15) is 4.79 Å². The first-order valence-corrected chi connectivity index (χ1v) is 6.95. The quantitative estimate of drug-likeness (QED) is 0.696. The summed E-state index contributed by atoms with van der Waals surface area (Å²) in [5.74, 6) is 0.0981. The molecule has 0 aliphatic rings. The highest BCUT2D eigenvalue weighted by molar-refractivity contribution is 5.75. The molecule has 0 radical (unpaired) electrons. The standard InChI is InChI=1S/C14H31N3O/c1-11(2)17(12(3)4)10-9-16-13(18)7-8-14(5,6)15/h11-12H,7-10,15H2,1-6H3,(H,16,18). The second-order valence-corrected chi connectivity index (χ2v) is 6.26. The molecule has 4 heteroatoms. The van der Waals surface area contributed by atoms with Crippen LogP contribution in [0.2, 0.25) is 0 Å². The van der Waals surface area contributed by atoms with Crippen LogP contribution in [0, 0.1) is 0 Å². The van der Waals surface area contributed by atoms with E-state index >= 15 is 0 Å². The number of carbonyl (C=O) groups is 1. The lowest BCUT2D eigenvalue weighted by Gasteiger charge is -2.30. The van der Waals surface area contributed by atoms with Gasteiger partial charge >= 0.3 is 0 Å². The summed E-state index contributed by atoms with van der Waals surface area (Å²) in [5.41, 5.74) is 5.59. The van der Waals surface area contributed by atoms with Gasteiger partial charge in [0.15, 0.2) is 0 Å². The second kappa shape index (κ2) is 7.74. The van der Waals surface area contributed by atoms with Crippen molar-refractivity contribution in [3.05, 3.63) is 0 Å². The molecule has 0 aliphatic heterocycles. The van der Waals surface area contributed by atoms with Crippen molar-refractivity contribution in [1.82, 2.24) is 10.2 Å². The van der Waals surface area contributed by atoms with Crippen molar-refractivity contribution < 1.29 is 4.79 Å². The molecule has 0 saturated carbocycles. The molecule has 1 amide bonds. The highest BCUT2D eigenvalue weighted by atomic mass is 16.1. The minimum Gasteiger partial charge on any atom is -0.355 e. The number of nitrogens with two attached hydrogens (primary N) is 1. The van der Waals surface area contributed by atoms with Crippen molar-refractivity contribution in [2.24, 2.45) is 5.73 Å². The van der Waals surface area contributed by atoms with Crippen molar-refractivity contribution in [3.63, 3.8) is 0 Å². The molecule has 0 aromatic heterocycles. The van der Waals surface area contributed by atoms with Gasteiger partial charge in [-0.1, -0.05) is 0 Å². The summed E-state index contributed by atoms with van der Waals surface area (Å²) in [5, 5.41) is 2.96. The normalized spacial score (nSPS) is 12.6. The molecule has 0 aromatic carbocycles. The van der Waals surface area contributed by atoms with Crippen molar-refractivity contribution in [2.75, 3.05) is 13.1 Å². The number of amides is 1. The SMILES string of the molecule is CC(C)N(CCNC(=O)CCC(C)(C)N)C(C)C. The molecule has 4 nitrogen and oxygen atoms in total. The van der Waals surface area contributed by atoms with Crippen molar-refractivity contribution in [2.45, 2.75) is 72.0 Å². The Balaban J connectivity index is 3.86. The van der Waals surface area contributed by atoms with Crippen LogP contribution in [0.25, 0.3) is 0 Å². The molecule has 0 rings (SSSR count). The van der Waals surface area contributed by atoms with Crippen LogP contribution in [-0.4, -0.2) is 41.5 Å². The summed E-state index contributed by atoms with van der Waals surface area (Å²) in [6.07, 6.45) is 1.23. The van der Waals surface area contributed by atoms with Gasteiger partial charge in [0.25, 0.3) is 0 Å². The topological polar surface area (TPSA) is 58.4 Å². The van der Waals surface area contributed by atoms with Crippen molar-refractivity contribution in [3.8, 4) is 0 Å². The zero-order valence-electron chi connectivity index (χ0n) is 12.9. The summed E-state index contributed by atoms with van der Waals surface area (Å²) in [6, 6.07) is 1.01. The summed E-state index contributed by atoms with van der Waals surface area (Å²) >= 11 is 0. The van der Waals surface area contributed by atoms with Crippen LogP contribution in [0.15, 0.2) is 0 Å². The minimum atomic E-state index is -0.265. The molecule has 0 spiro atoms. The van der Waals surface area contributed by atoms with Crippen LogP contribution in [0.1, 0.15) is 54.4 Å². The Morgan fingerprint density at radius 1 is 1.22 bits per heavy atom. The van der Waals surface area contributed by atoms with E-state index in [1.807, 2.05) is 13.8 Å². The molecule has 0 aliphatic carbocycles. The van der Waals surface area contributed by atoms with Crippen LogP contribution in [-0.2, 0) is 4.79 Å². The van der Waals surface area contributed by atoms with E-state index in [4.69, 9.17) is 5.73 Å². The van der Waals surface area contributed by atoms with E-state index in [0.29, 0.717) is 25.0 Å². The lowest BCUT2D eigenvalue weighted by molar-refractivity contribution is -0.121. The van der Waals surface area contributed by atoms with Gasteiger partial charge in [0, 0.05) is 37.1 Å². The summed E-state index contributed by atoms with van der Waals surface area (Å²) < 4.78 is 0. The molecular formula is C14H31N3O. The maximum atomic E-state index is 11.6. The fourth-order valence-corrected chi connectivity index (χ4v) is 1.96. The number of carbonyl (C=O) groups excluding carboxylic acids is 1. The molecule has 108 valence electrons. The largest absolute Gasteiger partial charge is 0.355 e. The Bertz CT molecular complexity index is 236. The number of hydrogen-bond acceptors (Lipinski definition) is 3. The van der Waals surface area contributed by atoms with Gasteiger partial charge in [-0.25, -0.2) is 0 Å². The number of rotatable bonds is 8. The first kappa shape index (κ1) is 17.4. The molecule has 0 aromatic rings. The zero-order chi connectivity index (χ0) is 14.3. The highest BCUT2D eigenvalue weighted by Gasteiger charge is 2.15. The first-order chi connectivity index (χ1) is 8.13. The lowest BCUT2D eigenvalue weighted by atomic mass is 10.00. The van der Waals surface area contributed by atoms with Crippen LogP contribution >= 0.6 is 0 Å². The third kappa shape index (κ3) is 8.48. The smallest absolute Gasteiger partial charge is 0.220 e. The maximum absolute atomic E-state index is 11.6. The monoisotopic (exact) mass is 257 g/mol. The van der Waals surface area contributed by atoms with E-state index in [2.05, 4.69) is 37.9 Å². The summed E-state index contributed by atoms with van der Waals surface area (Å²) in [6.45, 7) is 14.2. The molecule has 0 fully saturated rings. The zero-order valence-corrected chi connectivity index (χ0v) is 12.9. The van der Waals surface area contributed by atoms with Gasteiger partial charge in [-0.15, -0.1) is 0 Å². The Morgan fingerprint density at radius 2 is 1.72 bits per heavy atom. The maximum Gasteiger partial charge on any atom is 0.220 e. The molecule has 0 unspecified atom stereocenters. The average Bonchev–Trinajstić information content (AvgIpc) is 2.19. The van der Waals surface area contributed by atoms with Crippen molar-refractivity contribution in [1.29, 1.82) is 0 Å². The van der Waals surface area contributed by atoms with Gasteiger partial charge in [0.1, 0.15) is 0 Å². The first-order valence-electron chi connectivity index (χ1n) is 6.95. The van der Waals surface area contributed by atoms with E-state index in [1.165, 1.54) is 0 Å². The third-order valence-electron chi connectivity index (χ3n) is 3.02. The van der Waals surface area contributed by atoms with Gasteiger partial charge in [0.2, 0.25) is 5.91 Å². The average molecular weight is 257 g/mol. The second-order valence-electron chi connectivity index (χ2n) is 6.26.